The number of rotatable bonds is 5. The van der Waals surface area contributed by atoms with E-state index in [4.69, 9.17) is 9.47 Å². The number of cyclic esters (lactones) is 2. The molecule has 1 saturated heterocycles. The van der Waals surface area contributed by atoms with Crippen LogP contribution in [0, 0.1) is 6.92 Å². The van der Waals surface area contributed by atoms with E-state index in [2.05, 4.69) is 20.6 Å². The molecule has 8 heteroatoms. The number of anilines is 3. The highest BCUT2D eigenvalue weighted by Gasteiger charge is 2.38. The fraction of sp³-hybridized carbons (Fsp3) is 0.167. The lowest BCUT2D eigenvalue weighted by Crippen LogP contribution is -2.42. The Kier molecular flexibility index (Phi) is 5.59. The van der Waals surface area contributed by atoms with Gasteiger partial charge in [-0.15, -0.1) is 0 Å². The second-order valence-electron chi connectivity index (χ2n) is 7.67. The Labute approximate surface area is 185 Å². The minimum atomic E-state index is -1.28. The molecular formula is C24H22N4O4. The SMILES string of the molecule is Cc1ccccc1Nc1ccnc(-c2cccc(NC=C3C(=O)OC(C)(C)OC3=O)c2)n1. The van der Waals surface area contributed by atoms with Gasteiger partial charge in [-0.25, -0.2) is 19.6 Å². The number of carbonyl (C=O) groups excluding carboxylic acids is 2. The molecule has 0 spiro atoms. The molecule has 1 aliphatic heterocycles. The number of ether oxygens (including phenoxy) is 2. The lowest BCUT2D eigenvalue weighted by Gasteiger charge is -2.29. The summed E-state index contributed by atoms with van der Waals surface area (Å²) in [6, 6.07) is 17.0. The van der Waals surface area contributed by atoms with Crippen molar-refractivity contribution in [1.29, 1.82) is 0 Å². The van der Waals surface area contributed by atoms with Crippen LogP contribution < -0.4 is 10.6 Å². The molecular weight excluding hydrogens is 408 g/mol. The Bertz CT molecular complexity index is 1200. The molecule has 8 nitrogen and oxygen atoms in total. The number of hydrogen-bond donors (Lipinski definition) is 2. The topological polar surface area (TPSA) is 102 Å². The predicted octanol–water partition coefficient (Wildman–Crippen LogP) is 4.33. The van der Waals surface area contributed by atoms with Gasteiger partial charge in [0.25, 0.3) is 5.79 Å². The van der Waals surface area contributed by atoms with Crippen molar-refractivity contribution in [3.63, 3.8) is 0 Å². The Balaban J connectivity index is 1.53. The summed E-state index contributed by atoms with van der Waals surface area (Å²) in [5.41, 5.74) is 3.26. The van der Waals surface area contributed by atoms with Crippen molar-refractivity contribution in [2.45, 2.75) is 26.6 Å². The first-order valence-electron chi connectivity index (χ1n) is 10.0. The van der Waals surface area contributed by atoms with Gasteiger partial charge in [0.15, 0.2) is 11.4 Å². The van der Waals surface area contributed by atoms with Crippen molar-refractivity contribution in [3.05, 3.63) is 78.1 Å². The highest BCUT2D eigenvalue weighted by atomic mass is 16.7. The van der Waals surface area contributed by atoms with Crippen LogP contribution >= 0.6 is 0 Å². The summed E-state index contributed by atoms with van der Waals surface area (Å²) in [4.78, 5) is 33.1. The van der Waals surface area contributed by atoms with Crippen LogP contribution in [0.3, 0.4) is 0 Å². The standard InChI is InChI=1S/C24H22N4O4/c1-15-7-4-5-10-19(15)27-20-11-12-25-21(28-20)16-8-6-9-17(13-16)26-14-18-22(29)31-24(2,3)32-23(18)30/h4-14,26H,1-3H3,(H,25,27,28). The number of aromatic nitrogens is 2. The van der Waals surface area contributed by atoms with Gasteiger partial charge in [0.05, 0.1) is 0 Å². The maximum absolute atomic E-state index is 12.1. The molecule has 0 unspecified atom stereocenters. The lowest BCUT2D eigenvalue weighted by molar-refractivity contribution is -0.222. The van der Waals surface area contributed by atoms with Crippen molar-refractivity contribution in [2.24, 2.45) is 0 Å². The molecule has 2 aromatic carbocycles. The quantitative estimate of drug-likeness (QED) is 0.350. The van der Waals surface area contributed by atoms with Gasteiger partial charge < -0.3 is 20.1 Å². The highest BCUT2D eigenvalue weighted by Crippen LogP contribution is 2.25. The molecule has 0 radical (unpaired) electrons. The van der Waals surface area contributed by atoms with Crippen LogP contribution in [0.2, 0.25) is 0 Å². The van der Waals surface area contributed by atoms with E-state index >= 15 is 0 Å². The number of carbonyl (C=O) groups is 2. The van der Waals surface area contributed by atoms with Crippen LogP contribution in [-0.4, -0.2) is 27.7 Å². The monoisotopic (exact) mass is 430 g/mol. The van der Waals surface area contributed by atoms with Crippen molar-refractivity contribution in [1.82, 2.24) is 9.97 Å². The summed E-state index contributed by atoms with van der Waals surface area (Å²) in [6.45, 7) is 5.02. The molecule has 2 heterocycles. The second-order valence-corrected chi connectivity index (χ2v) is 7.67. The molecule has 1 fully saturated rings. The van der Waals surface area contributed by atoms with Crippen molar-refractivity contribution < 1.29 is 19.1 Å². The number of nitrogens with zero attached hydrogens (tertiary/aromatic N) is 2. The van der Waals surface area contributed by atoms with E-state index in [1.165, 1.54) is 20.0 Å². The first-order valence-corrected chi connectivity index (χ1v) is 10.0. The van der Waals surface area contributed by atoms with Crippen LogP contribution in [0.1, 0.15) is 19.4 Å². The van der Waals surface area contributed by atoms with Crippen LogP contribution in [-0.2, 0) is 19.1 Å². The third-order valence-corrected chi connectivity index (χ3v) is 4.68. The normalized spacial score (nSPS) is 14.9. The zero-order valence-electron chi connectivity index (χ0n) is 17.9. The maximum Gasteiger partial charge on any atom is 0.350 e. The fourth-order valence-electron chi connectivity index (χ4n) is 3.10. The lowest BCUT2D eigenvalue weighted by atomic mass is 10.1. The molecule has 0 aliphatic carbocycles. The van der Waals surface area contributed by atoms with Crippen LogP contribution in [0.15, 0.2) is 72.6 Å². The second kappa shape index (κ2) is 8.50. The Morgan fingerprint density at radius 1 is 0.969 bits per heavy atom. The van der Waals surface area contributed by atoms with Gasteiger partial charge in [-0.2, -0.15) is 0 Å². The van der Waals surface area contributed by atoms with Gasteiger partial charge in [-0.3, -0.25) is 0 Å². The molecule has 32 heavy (non-hydrogen) atoms. The van der Waals surface area contributed by atoms with E-state index < -0.39 is 17.7 Å². The third kappa shape index (κ3) is 4.75. The van der Waals surface area contributed by atoms with Gasteiger partial charge in [-0.1, -0.05) is 30.3 Å². The van der Waals surface area contributed by atoms with Gasteiger partial charge in [0.1, 0.15) is 5.82 Å². The zero-order chi connectivity index (χ0) is 22.7. The maximum atomic E-state index is 12.1. The van der Waals surface area contributed by atoms with Crippen LogP contribution in [0.5, 0.6) is 0 Å². The Hall–Kier alpha value is -4.20. The number of para-hydroxylation sites is 1. The Morgan fingerprint density at radius 2 is 1.72 bits per heavy atom. The van der Waals surface area contributed by atoms with E-state index in [1.54, 1.807) is 18.3 Å². The number of benzene rings is 2. The zero-order valence-corrected chi connectivity index (χ0v) is 17.9. The number of aryl methyl sites for hydroxylation is 1. The first-order chi connectivity index (χ1) is 15.3. The molecule has 4 rings (SSSR count). The highest BCUT2D eigenvalue weighted by molar-refractivity contribution is 6.15. The minimum Gasteiger partial charge on any atom is -0.419 e. The minimum absolute atomic E-state index is 0.213. The number of hydrogen-bond acceptors (Lipinski definition) is 8. The van der Waals surface area contributed by atoms with E-state index in [9.17, 15) is 9.59 Å². The largest absolute Gasteiger partial charge is 0.419 e. The summed E-state index contributed by atoms with van der Waals surface area (Å²) < 4.78 is 10.2. The van der Waals surface area contributed by atoms with E-state index in [0.29, 0.717) is 17.3 Å². The summed E-state index contributed by atoms with van der Waals surface area (Å²) >= 11 is 0. The van der Waals surface area contributed by atoms with E-state index in [-0.39, 0.29) is 5.57 Å². The number of esters is 2. The molecule has 1 aromatic heterocycles. The number of nitrogens with one attached hydrogen (secondary N) is 2. The smallest absolute Gasteiger partial charge is 0.350 e. The molecule has 0 amide bonds. The molecule has 2 N–H and O–H groups in total. The summed E-state index contributed by atoms with van der Waals surface area (Å²) in [6.07, 6.45) is 2.96. The molecule has 0 atom stereocenters. The van der Waals surface area contributed by atoms with Crippen molar-refractivity contribution in [3.8, 4) is 11.4 Å². The van der Waals surface area contributed by atoms with Gasteiger partial charge in [0, 0.05) is 43.2 Å². The van der Waals surface area contributed by atoms with Crippen LogP contribution in [0.25, 0.3) is 11.4 Å². The first kappa shape index (κ1) is 21.0. The van der Waals surface area contributed by atoms with Crippen molar-refractivity contribution >= 4 is 29.1 Å². The fourth-order valence-corrected chi connectivity index (χ4v) is 3.10. The summed E-state index contributed by atoms with van der Waals surface area (Å²) in [5, 5.41) is 6.24. The molecule has 0 bridgehead atoms. The van der Waals surface area contributed by atoms with Gasteiger partial charge in [-0.05, 0) is 36.8 Å². The molecule has 1 aliphatic rings. The Morgan fingerprint density at radius 3 is 2.47 bits per heavy atom. The average molecular weight is 430 g/mol. The molecule has 0 saturated carbocycles. The summed E-state index contributed by atoms with van der Waals surface area (Å²) in [5.74, 6) is -1.57. The summed E-state index contributed by atoms with van der Waals surface area (Å²) in [7, 11) is 0. The third-order valence-electron chi connectivity index (χ3n) is 4.68. The van der Waals surface area contributed by atoms with Crippen LogP contribution in [0.4, 0.5) is 17.2 Å². The average Bonchev–Trinajstić information content (AvgIpc) is 2.74. The van der Waals surface area contributed by atoms with Gasteiger partial charge in [0.2, 0.25) is 0 Å². The molecule has 3 aromatic rings. The van der Waals surface area contributed by atoms with Crippen molar-refractivity contribution in [2.75, 3.05) is 10.6 Å². The predicted molar refractivity (Wildman–Crippen MR) is 120 cm³/mol. The van der Waals surface area contributed by atoms with E-state index in [0.717, 1.165) is 16.8 Å². The van der Waals surface area contributed by atoms with E-state index in [1.807, 2.05) is 49.4 Å². The van der Waals surface area contributed by atoms with Gasteiger partial charge >= 0.3 is 11.9 Å². The molecule has 162 valence electrons.